The lowest BCUT2D eigenvalue weighted by molar-refractivity contribution is -0.129. The van der Waals surface area contributed by atoms with E-state index in [1.807, 2.05) is 24.3 Å². The Kier molecular flexibility index (Phi) is 5.51. The zero-order valence-electron chi connectivity index (χ0n) is 17.4. The van der Waals surface area contributed by atoms with Gasteiger partial charge in [0.05, 0.1) is 25.8 Å². The highest BCUT2D eigenvalue weighted by atomic mass is 35.5. The van der Waals surface area contributed by atoms with Gasteiger partial charge in [0.25, 0.3) is 0 Å². The first-order valence-corrected chi connectivity index (χ1v) is 10.6. The normalized spacial score (nSPS) is 17.6. The molecule has 7 nitrogen and oxygen atoms in total. The number of ether oxygens (including phenoxy) is 3. The number of cyclic esters (lactones) is 1. The van der Waals surface area contributed by atoms with Crippen molar-refractivity contribution in [2.24, 2.45) is 4.99 Å². The maximum atomic E-state index is 12.6. The molecule has 5 rings (SSSR count). The summed E-state index contributed by atoms with van der Waals surface area (Å²) in [7, 11) is 1.63. The first kappa shape index (κ1) is 20.5. The Morgan fingerprint density at radius 3 is 2.62 bits per heavy atom. The third-order valence-corrected chi connectivity index (χ3v) is 5.60. The first-order valence-electron chi connectivity index (χ1n) is 10.2. The maximum Gasteiger partial charge on any atom is 0.363 e. The molecule has 0 bridgehead atoms. The van der Waals surface area contributed by atoms with Gasteiger partial charge in [0.15, 0.2) is 5.70 Å². The number of halogens is 1. The number of aliphatic imine (C=N–C) groups is 1. The SMILES string of the molecule is COc1ccc2cc(/C=C3/N=C(c4ccc(Cl)cc4)OC3=O)c(N3CCOCC3)nc2c1. The van der Waals surface area contributed by atoms with Gasteiger partial charge in [-0.25, -0.2) is 14.8 Å². The number of carbonyl (C=O) groups excluding carboxylic acids is 1. The van der Waals surface area contributed by atoms with Gasteiger partial charge in [0.1, 0.15) is 11.6 Å². The summed E-state index contributed by atoms with van der Waals surface area (Å²) in [6, 6.07) is 14.7. The Bertz CT molecular complexity index is 1250. The van der Waals surface area contributed by atoms with Crippen LogP contribution in [0.25, 0.3) is 17.0 Å². The number of morpholine rings is 1. The van der Waals surface area contributed by atoms with E-state index >= 15 is 0 Å². The standard InChI is InChI=1S/C24H20ClN3O4/c1-30-19-7-4-16-12-17(22(26-20(16)14-19)28-8-10-31-11-9-28)13-21-24(29)32-23(27-21)15-2-5-18(25)6-3-15/h2-7,12-14H,8-11H2,1H3/b21-13+. The molecule has 0 amide bonds. The van der Waals surface area contributed by atoms with Crippen molar-refractivity contribution in [3.63, 3.8) is 0 Å². The van der Waals surface area contributed by atoms with Gasteiger partial charge in [-0.1, -0.05) is 11.6 Å². The predicted octanol–water partition coefficient (Wildman–Crippen LogP) is 4.08. The lowest BCUT2D eigenvalue weighted by atomic mass is 10.1. The van der Waals surface area contributed by atoms with Crippen LogP contribution >= 0.6 is 11.6 Å². The molecule has 0 atom stereocenters. The van der Waals surface area contributed by atoms with E-state index in [2.05, 4.69) is 9.89 Å². The molecule has 3 heterocycles. The monoisotopic (exact) mass is 449 g/mol. The fourth-order valence-electron chi connectivity index (χ4n) is 3.69. The molecule has 0 aliphatic carbocycles. The van der Waals surface area contributed by atoms with Crippen LogP contribution in [0.4, 0.5) is 5.82 Å². The van der Waals surface area contributed by atoms with Gasteiger partial charge in [0, 0.05) is 40.7 Å². The summed E-state index contributed by atoms with van der Waals surface area (Å²) in [4.78, 5) is 24.0. The number of carbonyl (C=O) groups is 1. The Morgan fingerprint density at radius 2 is 1.88 bits per heavy atom. The van der Waals surface area contributed by atoms with Crippen LogP contribution in [-0.4, -0.2) is 50.3 Å². The van der Waals surface area contributed by atoms with Crippen molar-refractivity contribution in [1.29, 1.82) is 0 Å². The minimum atomic E-state index is -0.502. The van der Waals surface area contributed by atoms with Crippen LogP contribution in [0.1, 0.15) is 11.1 Å². The molecule has 1 aromatic heterocycles. The number of hydrogen-bond donors (Lipinski definition) is 0. The molecular formula is C24H20ClN3O4. The topological polar surface area (TPSA) is 73.2 Å². The average Bonchev–Trinajstić information content (AvgIpc) is 3.19. The Hall–Kier alpha value is -3.42. The molecule has 2 aliphatic rings. The van der Waals surface area contributed by atoms with Crippen LogP contribution in [0.15, 0.2) is 59.2 Å². The van der Waals surface area contributed by atoms with Gasteiger partial charge in [-0.3, -0.25) is 0 Å². The summed E-state index contributed by atoms with van der Waals surface area (Å²) >= 11 is 5.95. The second-order valence-electron chi connectivity index (χ2n) is 7.40. The number of anilines is 1. The predicted molar refractivity (Wildman–Crippen MR) is 123 cm³/mol. The van der Waals surface area contributed by atoms with Crippen molar-refractivity contribution >= 4 is 46.3 Å². The molecule has 8 heteroatoms. The quantitative estimate of drug-likeness (QED) is 0.441. The van der Waals surface area contributed by atoms with Crippen molar-refractivity contribution < 1.29 is 19.0 Å². The second kappa shape index (κ2) is 8.61. The average molecular weight is 450 g/mol. The Morgan fingerprint density at radius 1 is 1.09 bits per heavy atom. The molecule has 0 unspecified atom stereocenters. The fourth-order valence-corrected chi connectivity index (χ4v) is 3.81. The first-order chi connectivity index (χ1) is 15.6. The molecule has 2 aliphatic heterocycles. The summed E-state index contributed by atoms with van der Waals surface area (Å²) < 4.78 is 16.2. The molecule has 1 fully saturated rings. The number of nitrogens with zero attached hydrogens (tertiary/aromatic N) is 3. The molecule has 0 radical (unpaired) electrons. The highest BCUT2D eigenvalue weighted by Gasteiger charge is 2.25. The molecule has 162 valence electrons. The zero-order chi connectivity index (χ0) is 22.1. The number of fused-ring (bicyclic) bond motifs is 1. The van der Waals surface area contributed by atoms with Crippen molar-refractivity contribution in [2.75, 3.05) is 38.3 Å². The van der Waals surface area contributed by atoms with E-state index in [0.717, 1.165) is 28.0 Å². The molecular weight excluding hydrogens is 430 g/mol. The lowest BCUT2D eigenvalue weighted by Gasteiger charge is -2.29. The summed E-state index contributed by atoms with van der Waals surface area (Å²) in [6.07, 6.45) is 1.73. The van der Waals surface area contributed by atoms with Crippen LogP contribution in [-0.2, 0) is 14.3 Å². The third kappa shape index (κ3) is 4.04. The van der Waals surface area contributed by atoms with E-state index in [0.29, 0.717) is 36.9 Å². The smallest absolute Gasteiger partial charge is 0.363 e. The lowest BCUT2D eigenvalue weighted by Crippen LogP contribution is -2.37. The van der Waals surface area contributed by atoms with Crippen molar-refractivity contribution in [3.05, 3.63) is 70.4 Å². The Labute approximate surface area is 189 Å². The van der Waals surface area contributed by atoms with E-state index in [1.54, 1.807) is 37.5 Å². The molecule has 32 heavy (non-hydrogen) atoms. The van der Waals surface area contributed by atoms with Crippen molar-refractivity contribution in [1.82, 2.24) is 4.98 Å². The number of aromatic nitrogens is 1. The number of methoxy groups -OCH3 is 1. The van der Waals surface area contributed by atoms with Crippen LogP contribution < -0.4 is 9.64 Å². The minimum absolute atomic E-state index is 0.221. The number of hydrogen-bond acceptors (Lipinski definition) is 7. The van der Waals surface area contributed by atoms with Gasteiger partial charge in [-0.2, -0.15) is 0 Å². The van der Waals surface area contributed by atoms with E-state index in [-0.39, 0.29) is 11.6 Å². The molecule has 2 aromatic carbocycles. The van der Waals surface area contributed by atoms with Gasteiger partial charge in [0.2, 0.25) is 5.90 Å². The number of benzene rings is 2. The fraction of sp³-hybridized carbons (Fsp3) is 0.208. The van der Waals surface area contributed by atoms with Crippen LogP contribution in [0, 0.1) is 0 Å². The van der Waals surface area contributed by atoms with Crippen molar-refractivity contribution in [3.8, 4) is 5.75 Å². The summed E-state index contributed by atoms with van der Waals surface area (Å²) in [6.45, 7) is 2.66. The largest absolute Gasteiger partial charge is 0.497 e. The number of esters is 1. The summed E-state index contributed by atoms with van der Waals surface area (Å²) in [5.74, 6) is 1.26. The van der Waals surface area contributed by atoms with Gasteiger partial charge < -0.3 is 19.1 Å². The van der Waals surface area contributed by atoms with Crippen molar-refractivity contribution in [2.45, 2.75) is 0 Å². The van der Waals surface area contributed by atoms with Crippen LogP contribution in [0.2, 0.25) is 5.02 Å². The maximum absolute atomic E-state index is 12.6. The third-order valence-electron chi connectivity index (χ3n) is 5.35. The number of pyridine rings is 1. The molecule has 0 saturated carbocycles. The van der Waals surface area contributed by atoms with E-state index < -0.39 is 5.97 Å². The molecule has 0 N–H and O–H groups in total. The summed E-state index contributed by atoms with van der Waals surface area (Å²) in [5, 5.41) is 1.53. The van der Waals surface area contributed by atoms with E-state index in [1.165, 1.54) is 0 Å². The highest BCUT2D eigenvalue weighted by molar-refractivity contribution is 6.30. The van der Waals surface area contributed by atoms with E-state index in [9.17, 15) is 4.79 Å². The minimum Gasteiger partial charge on any atom is -0.497 e. The molecule has 3 aromatic rings. The van der Waals surface area contributed by atoms with Gasteiger partial charge in [-0.15, -0.1) is 0 Å². The second-order valence-corrected chi connectivity index (χ2v) is 7.84. The van der Waals surface area contributed by atoms with Gasteiger partial charge >= 0.3 is 5.97 Å². The molecule has 1 saturated heterocycles. The van der Waals surface area contributed by atoms with Gasteiger partial charge in [-0.05, 0) is 48.5 Å². The summed E-state index contributed by atoms with van der Waals surface area (Å²) in [5.41, 5.74) is 2.51. The Balaban J connectivity index is 1.59. The highest BCUT2D eigenvalue weighted by Crippen LogP contribution is 2.30. The molecule has 0 spiro atoms. The van der Waals surface area contributed by atoms with Crippen LogP contribution in [0.3, 0.4) is 0 Å². The zero-order valence-corrected chi connectivity index (χ0v) is 18.1. The van der Waals surface area contributed by atoms with Crippen LogP contribution in [0.5, 0.6) is 5.75 Å². The number of rotatable bonds is 4. The van der Waals surface area contributed by atoms with E-state index in [4.69, 9.17) is 30.8 Å².